The molecule has 7 nitrogen and oxygen atoms in total. The van der Waals surface area contributed by atoms with E-state index in [2.05, 4.69) is 37.0 Å². The van der Waals surface area contributed by atoms with E-state index in [1.165, 1.54) is 18.3 Å². The topological polar surface area (TPSA) is 76.6 Å². The van der Waals surface area contributed by atoms with Crippen LogP contribution >= 0.6 is 0 Å². The molecule has 3 aromatic rings. The lowest BCUT2D eigenvalue weighted by atomic mass is 10.0. The lowest BCUT2D eigenvalue weighted by molar-refractivity contribution is -0.141. The third-order valence-corrected chi connectivity index (χ3v) is 8.06. The zero-order valence-corrected chi connectivity index (χ0v) is 25.4. The van der Waals surface area contributed by atoms with Crippen LogP contribution in [0.5, 0.6) is 0 Å². The largest absolute Gasteiger partial charge is 0.432 e. The summed E-state index contributed by atoms with van der Waals surface area (Å²) >= 11 is 0. The van der Waals surface area contributed by atoms with Gasteiger partial charge in [0.15, 0.2) is 5.82 Å². The van der Waals surface area contributed by atoms with E-state index in [-0.39, 0.29) is 29.2 Å². The number of likely N-dealkylation sites (N-methyl/N-ethyl adjacent to an activating group) is 1. The molecule has 1 fully saturated rings. The molecule has 1 amide bonds. The molecular formula is C33H32F6N6O. The number of alkyl halides is 6. The number of aromatic amines is 1. The summed E-state index contributed by atoms with van der Waals surface area (Å²) in [5.41, 5.74) is 1.01. The molecule has 1 unspecified atom stereocenters. The van der Waals surface area contributed by atoms with Gasteiger partial charge in [0, 0.05) is 54.3 Å². The van der Waals surface area contributed by atoms with E-state index in [9.17, 15) is 31.1 Å². The molecular weight excluding hydrogens is 610 g/mol. The second-order valence-corrected chi connectivity index (χ2v) is 11.6. The number of nitrogens with zero attached hydrogens (tertiary/aromatic N) is 4. The van der Waals surface area contributed by atoms with Gasteiger partial charge in [-0.05, 0) is 75.7 Å². The van der Waals surface area contributed by atoms with Crippen molar-refractivity contribution >= 4 is 17.3 Å². The second kappa shape index (κ2) is 13.1. The number of imidazole rings is 1. The molecule has 0 radical (unpaired) electrons. The van der Waals surface area contributed by atoms with Gasteiger partial charge in [-0.15, -0.1) is 0 Å². The van der Waals surface area contributed by atoms with Crippen LogP contribution in [0.4, 0.5) is 32.0 Å². The monoisotopic (exact) mass is 642 g/mol. The quantitative estimate of drug-likeness (QED) is 0.233. The summed E-state index contributed by atoms with van der Waals surface area (Å²) in [7, 11) is 3.92. The number of hydrogen-bond donors (Lipinski definition) is 2. The fourth-order valence-electron chi connectivity index (χ4n) is 5.35. The zero-order chi connectivity index (χ0) is 33.2. The lowest BCUT2D eigenvalue weighted by Crippen LogP contribution is -2.31. The van der Waals surface area contributed by atoms with Gasteiger partial charge in [-0.25, -0.2) is 4.98 Å². The molecule has 3 heterocycles. The second-order valence-electron chi connectivity index (χ2n) is 11.6. The first-order chi connectivity index (χ1) is 21.7. The molecule has 2 aliphatic rings. The lowest BCUT2D eigenvalue weighted by Gasteiger charge is -2.22. The molecule has 2 aromatic carbocycles. The summed E-state index contributed by atoms with van der Waals surface area (Å²) in [6, 6.07) is 8.99. The molecule has 0 spiro atoms. The van der Waals surface area contributed by atoms with Crippen molar-refractivity contribution in [3.63, 3.8) is 0 Å². The Morgan fingerprint density at radius 3 is 2.48 bits per heavy atom. The number of allylic oxidation sites excluding steroid dienone is 1. The van der Waals surface area contributed by atoms with Crippen LogP contribution in [0.15, 0.2) is 59.4 Å². The number of benzene rings is 2. The molecule has 5 rings (SSSR count). The predicted octanol–water partition coefficient (Wildman–Crippen LogP) is 6.66. The van der Waals surface area contributed by atoms with Crippen molar-refractivity contribution in [2.24, 2.45) is 4.99 Å². The van der Waals surface area contributed by atoms with Crippen molar-refractivity contribution in [2.75, 3.05) is 32.5 Å². The number of anilines is 1. The van der Waals surface area contributed by atoms with Crippen molar-refractivity contribution in [1.29, 1.82) is 0 Å². The Kier molecular flexibility index (Phi) is 9.42. The first-order valence-corrected chi connectivity index (χ1v) is 14.6. The van der Waals surface area contributed by atoms with Crippen molar-refractivity contribution in [1.82, 2.24) is 19.8 Å². The molecule has 242 valence electrons. The number of nitrogens with one attached hydrogen (secondary N) is 2. The maximum absolute atomic E-state index is 14.0. The minimum atomic E-state index is -4.59. The number of H-pyrrole nitrogens is 1. The maximum Gasteiger partial charge on any atom is 0.432 e. The minimum absolute atomic E-state index is 0.0295. The van der Waals surface area contributed by atoms with Crippen LogP contribution in [0.2, 0.25) is 0 Å². The molecule has 1 aromatic heterocycles. The number of aromatic nitrogens is 2. The van der Waals surface area contributed by atoms with E-state index in [1.807, 2.05) is 25.9 Å². The smallest absolute Gasteiger partial charge is 0.333 e. The molecule has 0 saturated carbocycles. The van der Waals surface area contributed by atoms with Gasteiger partial charge in [0.05, 0.1) is 17.5 Å². The Morgan fingerprint density at radius 2 is 1.85 bits per heavy atom. The van der Waals surface area contributed by atoms with Crippen LogP contribution in [0.25, 0.3) is 0 Å². The van der Waals surface area contributed by atoms with Gasteiger partial charge in [-0.1, -0.05) is 24.0 Å². The first kappa shape index (κ1) is 33.0. The van der Waals surface area contributed by atoms with Gasteiger partial charge in [0.25, 0.3) is 5.91 Å². The van der Waals surface area contributed by atoms with Crippen LogP contribution in [-0.4, -0.2) is 64.6 Å². The minimum Gasteiger partial charge on any atom is -0.333 e. The molecule has 1 atom stereocenters. The number of aryl methyl sites for hydroxylation is 1. The zero-order valence-electron chi connectivity index (χ0n) is 25.4. The number of likely N-dealkylation sites (tertiary alicyclic amines) is 1. The number of carbonyl (C=O) groups is 1. The van der Waals surface area contributed by atoms with E-state index < -0.39 is 29.5 Å². The van der Waals surface area contributed by atoms with E-state index in [1.54, 1.807) is 18.2 Å². The SMILES string of the molecule is Cc1ccc(C(=O)Nc2ccc(CN3CCC(N(C)C)C3)c(C(F)(F)F)c2)cc1C#CC1=CN=C(c2ncc(C(F)(F)F)[nH]2)CC1. The highest BCUT2D eigenvalue weighted by Gasteiger charge is 2.35. The van der Waals surface area contributed by atoms with E-state index in [0.717, 1.165) is 24.2 Å². The summed E-state index contributed by atoms with van der Waals surface area (Å²) in [5, 5.41) is 2.58. The van der Waals surface area contributed by atoms with Gasteiger partial charge in [-0.3, -0.25) is 14.7 Å². The van der Waals surface area contributed by atoms with E-state index >= 15 is 0 Å². The Labute approximate surface area is 262 Å². The average molecular weight is 643 g/mol. The van der Waals surface area contributed by atoms with Gasteiger partial charge < -0.3 is 15.2 Å². The maximum atomic E-state index is 14.0. The molecule has 46 heavy (non-hydrogen) atoms. The summed E-state index contributed by atoms with van der Waals surface area (Å²) in [5.74, 6) is 5.46. The van der Waals surface area contributed by atoms with Crippen LogP contribution in [-0.2, 0) is 18.9 Å². The summed E-state index contributed by atoms with van der Waals surface area (Å²) in [6.07, 6.45) is -5.28. The number of carbonyl (C=O) groups excluding carboxylic acids is 1. The highest BCUT2D eigenvalue weighted by Crippen LogP contribution is 2.35. The molecule has 0 aliphatic carbocycles. The van der Waals surface area contributed by atoms with E-state index in [4.69, 9.17) is 0 Å². The number of rotatable bonds is 6. The van der Waals surface area contributed by atoms with Crippen LogP contribution in [0.1, 0.15) is 63.4 Å². The summed E-state index contributed by atoms with van der Waals surface area (Å²) < 4.78 is 80.7. The van der Waals surface area contributed by atoms with Gasteiger partial charge in [0.2, 0.25) is 0 Å². The molecule has 13 heteroatoms. The third-order valence-electron chi connectivity index (χ3n) is 8.06. The number of amides is 1. The van der Waals surface area contributed by atoms with Crippen LogP contribution in [0.3, 0.4) is 0 Å². The fraction of sp³-hybridized carbons (Fsp3) is 0.364. The Morgan fingerprint density at radius 1 is 1.07 bits per heavy atom. The number of aliphatic imine (C=N–C) groups is 1. The third kappa shape index (κ3) is 7.86. The van der Waals surface area contributed by atoms with Crippen molar-refractivity contribution in [2.45, 2.75) is 51.1 Å². The molecule has 2 aliphatic heterocycles. The van der Waals surface area contributed by atoms with Gasteiger partial charge >= 0.3 is 12.4 Å². The van der Waals surface area contributed by atoms with Crippen molar-refractivity contribution in [3.05, 3.63) is 93.7 Å². The number of hydrogen-bond acceptors (Lipinski definition) is 5. The highest BCUT2D eigenvalue weighted by molar-refractivity contribution is 6.04. The highest BCUT2D eigenvalue weighted by atomic mass is 19.4. The normalized spacial score (nSPS) is 17.4. The summed E-state index contributed by atoms with van der Waals surface area (Å²) in [4.78, 5) is 27.4. The van der Waals surface area contributed by atoms with Gasteiger partial charge in [-0.2, -0.15) is 26.3 Å². The Hall–Kier alpha value is -4.41. The van der Waals surface area contributed by atoms with Crippen LogP contribution < -0.4 is 5.32 Å². The Bertz CT molecular complexity index is 1740. The average Bonchev–Trinajstić information content (AvgIpc) is 3.68. The van der Waals surface area contributed by atoms with Crippen molar-refractivity contribution in [3.8, 4) is 11.8 Å². The van der Waals surface area contributed by atoms with Crippen LogP contribution in [0, 0.1) is 18.8 Å². The van der Waals surface area contributed by atoms with E-state index in [0.29, 0.717) is 48.8 Å². The fourth-order valence-corrected chi connectivity index (χ4v) is 5.35. The number of halogens is 6. The Balaban J connectivity index is 1.28. The summed E-state index contributed by atoms with van der Waals surface area (Å²) in [6.45, 7) is 3.37. The molecule has 0 bridgehead atoms. The molecule has 2 N–H and O–H groups in total. The predicted molar refractivity (Wildman–Crippen MR) is 162 cm³/mol. The standard InChI is InChI=1S/C33H32F6N6O/c1-20-4-7-23(14-22(20)8-5-21-6-11-28(40-16-21)30-41-17-29(43-30)33(37,38)39)31(46)42-25-10-9-24(27(15-25)32(34,35)36)18-45-13-12-26(19-45)44(2)3/h4,7,9-10,14-17,26H,6,11-13,18-19H2,1-3H3,(H,41,43)(H,42,46). The molecule has 1 saturated heterocycles. The van der Waals surface area contributed by atoms with Crippen molar-refractivity contribution < 1.29 is 31.1 Å². The first-order valence-electron chi connectivity index (χ1n) is 14.6. The van der Waals surface area contributed by atoms with Gasteiger partial charge in [0.1, 0.15) is 5.69 Å².